The van der Waals surface area contributed by atoms with E-state index in [1.165, 1.54) is 41.4 Å². The number of ether oxygens (including phenoxy) is 3. The summed E-state index contributed by atoms with van der Waals surface area (Å²) in [5.74, 6) is -0.392. The summed E-state index contributed by atoms with van der Waals surface area (Å²) in [5.41, 5.74) is 1.63. The van der Waals surface area contributed by atoms with Crippen LogP contribution in [0.3, 0.4) is 0 Å². The Morgan fingerprint density at radius 3 is 2.35 bits per heavy atom. The van der Waals surface area contributed by atoms with E-state index in [9.17, 15) is 14.4 Å². The molecule has 1 amide bonds. The lowest BCUT2D eigenvalue weighted by Gasteiger charge is -2.49. The van der Waals surface area contributed by atoms with E-state index in [0.29, 0.717) is 15.6 Å². The molecule has 0 aromatic heterocycles. The van der Waals surface area contributed by atoms with Crippen molar-refractivity contribution in [1.82, 2.24) is 0 Å². The number of amides is 1. The number of esters is 2. The van der Waals surface area contributed by atoms with Crippen molar-refractivity contribution in [2.45, 2.75) is 44.2 Å². The fourth-order valence-electron chi connectivity index (χ4n) is 4.51. The molecule has 0 bridgehead atoms. The minimum atomic E-state index is -0.848. The number of hydrogen-bond donors (Lipinski definition) is 0. The quantitative estimate of drug-likeness (QED) is 0.313. The number of anilines is 1. The van der Waals surface area contributed by atoms with Crippen LogP contribution in [0.25, 0.3) is 5.57 Å². The van der Waals surface area contributed by atoms with Crippen LogP contribution in [0.2, 0.25) is 0 Å². The zero-order valence-electron chi connectivity index (χ0n) is 21.6. The number of thioether (sulfide) groups is 3. The molecule has 0 fully saturated rings. The van der Waals surface area contributed by atoms with Crippen LogP contribution in [0.15, 0.2) is 56.6 Å². The molecule has 1 unspecified atom stereocenters. The number of nitrogens with zero attached hydrogens (tertiary/aromatic N) is 1. The van der Waals surface area contributed by atoms with E-state index in [2.05, 4.69) is 0 Å². The Balaban J connectivity index is 1.98. The lowest BCUT2D eigenvalue weighted by molar-refractivity contribution is -0.138. The van der Waals surface area contributed by atoms with Crippen molar-refractivity contribution in [3.05, 3.63) is 62.1 Å². The Kier molecular flexibility index (Phi) is 7.92. The van der Waals surface area contributed by atoms with Crippen molar-refractivity contribution >= 4 is 64.4 Å². The largest absolute Gasteiger partial charge is 0.497 e. The average Bonchev–Trinajstić information content (AvgIpc) is 3.28. The summed E-state index contributed by atoms with van der Waals surface area (Å²) >= 11 is 4.09. The van der Waals surface area contributed by atoms with Gasteiger partial charge in [-0.15, -0.1) is 11.8 Å². The van der Waals surface area contributed by atoms with Crippen LogP contribution in [0.4, 0.5) is 5.69 Å². The van der Waals surface area contributed by atoms with Crippen molar-refractivity contribution in [1.29, 1.82) is 0 Å². The van der Waals surface area contributed by atoms with Crippen LogP contribution in [-0.4, -0.2) is 47.8 Å². The smallest absolute Gasteiger partial charge is 0.345 e. The second-order valence-electron chi connectivity index (χ2n) is 8.74. The van der Waals surface area contributed by atoms with Crippen LogP contribution < -0.4 is 9.64 Å². The van der Waals surface area contributed by atoms with Crippen molar-refractivity contribution in [2.75, 3.05) is 25.2 Å². The van der Waals surface area contributed by atoms with E-state index in [1.807, 2.05) is 38.1 Å². The highest BCUT2D eigenvalue weighted by Crippen LogP contribution is 2.66. The van der Waals surface area contributed by atoms with Crippen LogP contribution in [-0.2, 0) is 23.9 Å². The van der Waals surface area contributed by atoms with Gasteiger partial charge in [0.2, 0.25) is 0 Å². The standard InChI is InChI=1S/C27H29NO6S3/c1-7-10-21(29)28-18-12-11-16(32-6)13-17(18)22-23(26(28,4)5)36-19(24(30)33-8-2)14-27(22)35-15-20(37-27)25(31)34-9-3/h7,10-15H,8-9H2,1-6H3/b10-7+. The first-order chi connectivity index (χ1) is 17.6. The maximum atomic E-state index is 13.4. The number of fused-ring (bicyclic) bond motifs is 3. The van der Waals surface area contributed by atoms with Crippen LogP contribution in [0.5, 0.6) is 5.75 Å². The minimum Gasteiger partial charge on any atom is -0.497 e. The van der Waals surface area contributed by atoms with Gasteiger partial charge in [0.1, 0.15) is 14.7 Å². The van der Waals surface area contributed by atoms with Crippen molar-refractivity contribution in [2.24, 2.45) is 0 Å². The molecule has 3 aliphatic heterocycles. The molecule has 0 radical (unpaired) electrons. The maximum Gasteiger partial charge on any atom is 0.345 e. The van der Waals surface area contributed by atoms with Gasteiger partial charge in [-0.05, 0) is 70.4 Å². The number of allylic oxidation sites excluding steroid dienone is 1. The SMILES string of the molecule is C/C=C/C(=O)N1c2ccc(OC)cc2C2=C(SC(C(=O)OCC)=CC23SC=C(C(=O)OCC)S3)C1(C)C. The summed E-state index contributed by atoms with van der Waals surface area (Å²) in [7, 11) is 1.59. The van der Waals surface area contributed by atoms with E-state index in [-0.39, 0.29) is 19.1 Å². The van der Waals surface area contributed by atoms with Gasteiger partial charge in [-0.3, -0.25) is 9.69 Å². The molecule has 1 aromatic carbocycles. The molecule has 10 heteroatoms. The number of hydrogen-bond acceptors (Lipinski definition) is 9. The molecule has 1 aromatic rings. The van der Waals surface area contributed by atoms with E-state index in [0.717, 1.165) is 21.7 Å². The third-order valence-electron chi connectivity index (χ3n) is 6.02. The van der Waals surface area contributed by atoms with Crippen molar-refractivity contribution in [3.63, 3.8) is 0 Å². The molecule has 1 atom stereocenters. The molecule has 196 valence electrons. The normalized spacial score (nSPS) is 21.8. The first kappa shape index (κ1) is 27.5. The summed E-state index contributed by atoms with van der Waals surface area (Å²) in [6.07, 6.45) is 5.12. The van der Waals surface area contributed by atoms with Gasteiger partial charge in [0.25, 0.3) is 5.91 Å². The predicted octanol–water partition coefficient (Wildman–Crippen LogP) is 5.88. The number of rotatable bonds is 6. The minimum absolute atomic E-state index is 0.176. The molecule has 7 nitrogen and oxygen atoms in total. The number of carbonyl (C=O) groups excluding carboxylic acids is 3. The molecule has 0 saturated heterocycles. The van der Waals surface area contributed by atoms with E-state index >= 15 is 0 Å². The molecule has 0 N–H and O–H groups in total. The molecule has 37 heavy (non-hydrogen) atoms. The lowest BCUT2D eigenvalue weighted by atomic mass is 9.85. The zero-order chi connectivity index (χ0) is 27.0. The third-order valence-corrected chi connectivity index (χ3v) is 10.3. The third kappa shape index (κ3) is 4.75. The molecule has 1 spiro atoms. The number of benzene rings is 1. The lowest BCUT2D eigenvalue weighted by Crippen LogP contribution is -2.52. The second-order valence-corrected chi connectivity index (χ2v) is 12.5. The zero-order valence-corrected chi connectivity index (χ0v) is 24.0. The highest BCUT2D eigenvalue weighted by atomic mass is 32.2. The Hall–Kier alpha value is -2.56. The molecule has 0 aliphatic carbocycles. The summed E-state index contributed by atoms with van der Waals surface area (Å²) in [6, 6.07) is 5.62. The highest BCUT2D eigenvalue weighted by Gasteiger charge is 2.54. The van der Waals surface area contributed by atoms with Gasteiger partial charge in [-0.1, -0.05) is 29.6 Å². The molecule has 3 aliphatic rings. The van der Waals surface area contributed by atoms with Crippen molar-refractivity contribution in [3.8, 4) is 5.75 Å². The summed E-state index contributed by atoms with van der Waals surface area (Å²) in [4.78, 5) is 42.6. The Labute approximate surface area is 229 Å². The van der Waals surface area contributed by atoms with E-state index in [1.54, 1.807) is 44.3 Å². The van der Waals surface area contributed by atoms with Crippen LogP contribution >= 0.6 is 35.3 Å². The van der Waals surface area contributed by atoms with Crippen LogP contribution in [0.1, 0.15) is 40.2 Å². The van der Waals surface area contributed by atoms with Gasteiger partial charge in [0, 0.05) is 16.0 Å². The summed E-state index contributed by atoms with van der Waals surface area (Å²) in [5, 5.41) is 1.78. The Morgan fingerprint density at radius 1 is 1.05 bits per heavy atom. The molecule has 3 heterocycles. The molecular weight excluding hydrogens is 530 g/mol. The molecular formula is C27H29NO6S3. The predicted molar refractivity (Wildman–Crippen MR) is 151 cm³/mol. The van der Waals surface area contributed by atoms with Gasteiger partial charge < -0.3 is 14.2 Å². The van der Waals surface area contributed by atoms with Gasteiger partial charge in [0.15, 0.2) is 0 Å². The maximum absolute atomic E-state index is 13.4. The van der Waals surface area contributed by atoms with Gasteiger partial charge in [-0.25, -0.2) is 9.59 Å². The molecule has 0 saturated carbocycles. The number of methoxy groups -OCH3 is 1. The fourth-order valence-corrected chi connectivity index (χ4v) is 8.89. The first-order valence-electron chi connectivity index (χ1n) is 11.9. The Morgan fingerprint density at radius 2 is 1.73 bits per heavy atom. The van der Waals surface area contributed by atoms with Crippen molar-refractivity contribution < 1.29 is 28.6 Å². The van der Waals surface area contributed by atoms with E-state index < -0.39 is 21.6 Å². The Bertz CT molecular complexity index is 1280. The average molecular weight is 560 g/mol. The van der Waals surface area contributed by atoms with Crippen LogP contribution in [0, 0.1) is 0 Å². The monoisotopic (exact) mass is 559 g/mol. The highest BCUT2D eigenvalue weighted by molar-refractivity contribution is 8.25. The summed E-state index contributed by atoms with van der Waals surface area (Å²) in [6.45, 7) is 9.76. The van der Waals surface area contributed by atoms with E-state index in [4.69, 9.17) is 14.2 Å². The van der Waals surface area contributed by atoms with Gasteiger partial charge >= 0.3 is 11.9 Å². The first-order valence-corrected chi connectivity index (χ1v) is 14.4. The molecule has 4 rings (SSSR count). The van der Waals surface area contributed by atoms with Gasteiger partial charge in [-0.2, -0.15) is 0 Å². The second kappa shape index (κ2) is 10.7. The summed E-state index contributed by atoms with van der Waals surface area (Å²) < 4.78 is 15.4. The topological polar surface area (TPSA) is 82.1 Å². The van der Waals surface area contributed by atoms with Gasteiger partial charge in [0.05, 0.1) is 36.5 Å². The number of carbonyl (C=O) groups is 3. The fraction of sp³-hybridized carbons (Fsp3) is 0.370.